The molecule has 0 aliphatic heterocycles. The third-order valence-electron chi connectivity index (χ3n) is 8.81. The van der Waals surface area contributed by atoms with Gasteiger partial charge in [-0.2, -0.15) is 0 Å². The topological polar surface area (TPSA) is 9.23 Å². The van der Waals surface area contributed by atoms with E-state index in [1.165, 1.54) is 69.8 Å². The summed E-state index contributed by atoms with van der Waals surface area (Å²) >= 11 is 0. The van der Waals surface area contributed by atoms with Gasteiger partial charge >= 0.3 is 0 Å². The van der Waals surface area contributed by atoms with Crippen molar-refractivity contribution in [1.29, 1.82) is 0 Å². The average molecular weight is 427 g/mol. The highest BCUT2D eigenvalue weighted by Crippen LogP contribution is 2.49. The SMILES string of the molecule is C/C=C/CCc1ccc(C2CCC(C3CCC4CC(OCC)CCC4C3)CC2)cc1F. The van der Waals surface area contributed by atoms with Gasteiger partial charge in [0.25, 0.3) is 0 Å². The molecule has 3 fully saturated rings. The zero-order valence-electron chi connectivity index (χ0n) is 19.8. The summed E-state index contributed by atoms with van der Waals surface area (Å²) < 4.78 is 20.5. The van der Waals surface area contributed by atoms with E-state index < -0.39 is 0 Å². The quantitative estimate of drug-likeness (QED) is 0.399. The molecule has 3 saturated carbocycles. The first-order valence-corrected chi connectivity index (χ1v) is 13.2. The Hall–Kier alpha value is -1.15. The Balaban J connectivity index is 1.26. The molecule has 0 spiro atoms. The van der Waals surface area contributed by atoms with Gasteiger partial charge in [0.05, 0.1) is 6.10 Å². The van der Waals surface area contributed by atoms with Gasteiger partial charge in [-0.25, -0.2) is 4.39 Å². The van der Waals surface area contributed by atoms with E-state index in [1.54, 1.807) is 0 Å². The number of rotatable bonds is 7. The molecule has 3 aliphatic carbocycles. The number of ether oxygens (including phenoxy) is 1. The molecule has 4 atom stereocenters. The minimum atomic E-state index is 0.00473. The van der Waals surface area contributed by atoms with Crippen LogP contribution in [0.1, 0.15) is 102 Å². The fourth-order valence-corrected chi connectivity index (χ4v) is 7.05. The van der Waals surface area contributed by atoms with E-state index in [4.69, 9.17) is 4.74 Å². The lowest BCUT2D eigenvalue weighted by Crippen LogP contribution is -2.36. The molecular formula is C29H43FO. The summed E-state index contributed by atoms with van der Waals surface area (Å²) in [5.41, 5.74) is 2.11. The van der Waals surface area contributed by atoms with E-state index in [0.29, 0.717) is 12.0 Å². The van der Waals surface area contributed by atoms with Gasteiger partial charge < -0.3 is 4.74 Å². The second-order valence-corrected chi connectivity index (χ2v) is 10.6. The molecule has 31 heavy (non-hydrogen) atoms. The number of hydrogen-bond donors (Lipinski definition) is 0. The van der Waals surface area contributed by atoms with E-state index in [0.717, 1.165) is 48.7 Å². The van der Waals surface area contributed by atoms with Crippen LogP contribution in [0.5, 0.6) is 0 Å². The molecule has 3 aliphatic rings. The van der Waals surface area contributed by atoms with Crippen LogP contribution in [0.4, 0.5) is 4.39 Å². The van der Waals surface area contributed by atoms with Crippen LogP contribution < -0.4 is 0 Å². The number of hydrogen-bond acceptors (Lipinski definition) is 1. The van der Waals surface area contributed by atoms with Crippen molar-refractivity contribution in [2.45, 2.75) is 103 Å². The Morgan fingerprint density at radius 3 is 2.29 bits per heavy atom. The van der Waals surface area contributed by atoms with Crippen LogP contribution in [0.25, 0.3) is 0 Å². The Kier molecular flexibility index (Phi) is 8.26. The Morgan fingerprint density at radius 1 is 0.903 bits per heavy atom. The van der Waals surface area contributed by atoms with E-state index >= 15 is 0 Å². The van der Waals surface area contributed by atoms with Gasteiger partial charge in [0.1, 0.15) is 5.82 Å². The molecule has 0 saturated heterocycles. The summed E-state index contributed by atoms with van der Waals surface area (Å²) in [4.78, 5) is 0. The molecule has 1 aromatic carbocycles. The zero-order valence-corrected chi connectivity index (χ0v) is 19.8. The maximum atomic E-state index is 14.6. The van der Waals surface area contributed by atoms with Gasteiger partial charge in [-0.1, -0.05) is 24.3 Å². The Bertz CT molecular complexity index is 717. The lowest BCUT2D eigenvalue weighted by Gasteiger charge is -2.45. The average Bonchev–Trinajstić information content (AvgIpc) is 2.80. The summed E-state index contributed by atoms with van der Waals surface area (Å²) in [6, 6.07) is 6.10. The molecule has 172 valence electrons. The van der Waals surface area contributed by atoms with Crippen molar-refractivity contribution in [3.05, 3.63) is 47.3 Å². The molecule has 1 nitrogen and oxygen atoms in total. The normalized spacial score (nSPS) is 34.0. The van der Waals surface area contributed by atoms with Crippen LogP contribution in [0.2, 0.25) is 0 Å². The smallest absolute Gasteiger partial charge is 0.126 e. The van der Waals surface area contributed by atoms with Crippen molar-refractivity contribution in [3.8, 4) is 0 Å². The minimum absolute atomic E-state index is 0.00473. The minimum Gasteiger partial charge on any atom is -0.378 e. The van der Waals surface area contributed by atoms with E-state index in [-0.39, 0.29) is 5.82 Å². The molecule has 2 heteroatoms. The maximum absolute atomic E-state index is 14.6. The number of benzene rings is 1. The van der Waals surface area contributed by atoms with Crippen molar-refractivity contribution in [1.82, 2.24) is 0 Å². The van der Waals surface area contributed by atoms with Gasteiger partial charge in [0, 0.05) is 6.61 Å². The predicted molar refractivity (Wildman–Crippen MR) is 128 cm³/mol. The number of allylic oxidation sites excluding steroid dienone is 2. The fourth-order valence-electron chi connectivity index (χ4n) is 7.05. The first-order chi connectivity index (χ1) is 15.2. The van der Waals surface area contributed by atoms with Crippen LogP contribution in [-0.2, 0) is 11.2 Å². The van der Waals surface area contributed by atoms with Gasteiger partial charge in [0.15, 0.2) is 0 Å². The first kappa shape index (κ1) is 23.0. The van der Waals surface area contributed by atoms with E-state index in [1.807, 2.05) is 25.1 Å². The van der Waals surface area contributed by atoms with Crippen molar-refractivity contribution >= 4 is 0 Å². The molecule has 0 heterocycles. The first-order valence-electron chi connectivity index (χ1n) is 13.2. The van der Waals surface area contributed by atoms with Crippen molar-refractivity contribution in [3.63, 3.8) is 0 Å². The largest absolute Gasteiger partial charge is 0.378 e. The third kappa shape index (κ3) is 5.81. The summed E-state index contributed by atoms with van der Waals surface area (Å²) in [6.45, 7) is 5.03. The molecule has 0 aromatic heterocycles. The summed E-state index contributed by atoms with van der Waals surface area (Å²) in [6.07, 6.45) is 19.9. The number of fused-ring (bicyclic) bond motifs is 1. The number of aryl methyl sites for hydroxylation is 1. The van der Waals surface area contributed by atoms with E-state index in [2.05, 4.69) is 19.1 Å². The van der Waals surface area contributed by atoms with Gasteiger partial charge in [-0.15, -0.1) is 0 Å². The molecule has 0 bridgehead atoms. The highest BCUT2D eigenvalue weighted by molar-refractivity contribution is 5.28. The molecule has 0 radical (unpaired) electrons. The summed E-state index contributed by atoms with van der Waals surface area (Å²) in [7, 11) is 0. The van der Waals surface area contributed by atoms with Crippen molar-refractivity contribution in [2.75, 3.05) is 6.61 Å². The van der Waals surface area contributed by atoms with Crippen molar-refractivity contribution < 1.29 is 9.13 Å². The molecule has 0 N–H and O–H groups in total. The number of halogens is 1. The standard InChI is InChI=1S/C29H43FO/c1-3-5-6-7-23-12-13-27(20-29(23)30)22-10-8-21(9-11-22)24-14-15-26-19-28(31-4-2)17-16-25(26)18-24/h3,5,12-13,20-22,24-26,28H,4,6-11,14-19H2,1-2H3/b5-3+. The highest BCUT2D eigenvalue weighted by atomic mass is 19.1. The summed E-state index contributed by atoms with van der Waals surface area (Å²) in [5, 5.41) is 0. The molecule has 1 aromatic rings. The lowest BCUT2D eigenvalue weighted by atomic mass is 9.62. The maximum Gasteiger partial charge on any atom is 0.126 e. The second-order valence-electron chi connectivity index (χ2n) is 10.6. The molecular weight excluding hydrogens is 383 g/mol. The van der Waals surface area contributed by atoms with Crippen LogP contribution in [0.3, 0.4) is 0 Å². The molecule has 4 unspecified atom stereocenters. The van der Waals surface area contributed by atoms with Gasteiger partial charge in [0.2, 0.25) is 0 Å². The monoisotopic (exact) mass is 426 g/mol. The fraction of sp³-hybridized carbons (Fsp3) is 0.724. The van der Waals surface area contributed by atoms with Crippen LogP contribution in [-0.4, -0.2) is 12.7 Å². The Morgan fingerprint density at radius 2 is 1.58 bits per heavy atom. The third-order valence-corrected chi connectivity index (χ3v) is 8.81. The zero-order chi connectivity index (χ0) is 21.6. The van der Waals surface area contributed by atoms with E-state index in [9.17, 15) is 4.39 Å². The Labute approximate surface area is 189 Å². The van der Waals surface area contributed by atoms with Gasteiger partial charge in [-0.3, -0.25) is 0 Å². The van der Waals surface area contributed by atoms with Crippen LogP contribution in [0.15, 0.2) is 30.4 Å². The predicted octanol–water partition coefficient (Wildman–Crippen LogP) is 8.23. The van der Waals surface area contributed by atoms with Crippen LogP contribution >= 0.6 is 0 Å². The second kappa shape index (κ2) is 11.1. The lowest BCUT2D eigenvalue weighted by molar-refractivity contribution is -0.0205. The van der Waals surface area contributed by atoms with Crippen molar-refractivity contribution in [2.24, 2.45) is 23.7 Å². The van der Waals surface area contributed by atoms with Gasteiger partial charge in [-0.05, 0) is 138 Å². The molecule has 4 rings (SSSR count). The summed E-state index contributed by atoms with van der Waals surface area (Å²) in [5.74, 6) is 4.30. The van der Waals surface area contributed by atoms with Crippen LogP contribution in [0, 0.1) is 29.5 Å². The highest BCUT2D eigenvalue weighted by Gasteiger charge is 2.39. The molecule has 0 amide bonds.